The second kappa shape index (κ2) is 8.36. The second-order valence-corrected chi connectivity index (χ2v) is 8.85. The molecular weight excluding hydrogens is 440 g/mol. The predicted octanol–water partition coefficient (Wildman–Crippen LogP) is 8.58. The van der Waals surface area contributed by atoms with Crippen LogP contribution in [0.2, 0.25) is 0 Å². The summed E-state index contributed by atoms with van der Waals surface area (Å²) >= 11 is 0. The number of hydrogen-bond acceptors (Lipinski definition) is 4. The van der Waals surface area contributed by atoms with Crippen molar-refractivity contribution in [1.29, 1.82) is 0 Å². The Morgan fingerprint density at radius 1 is 0.361 bits per heavy atom. The Bertz CT molecular complexity index is 1740. The van der Waals surface area contributed by atoms with Crippen LogP contribution in [0.25, 0.3) is 43.4 Å². The predicted molar refractivity (Wildman–Crippen MR) is 152 cm³/mol. The van der Waals surface area contributed by atoms with Crippen LogP contribution >= 0.6 is 0 Å². The lowest BCUT2D eigenvalue weighted by Crippen LogP contribution is -1.99. The lowest BCUT2D eigenvalue weighted by Gasteiger charge is -2.17. The first-order valence-electron chi connectivity index (χ1n) is 12.0. The molecule has 0 unspecified atom stereocenters. The summed E-state index contributed by atoms with van der Waals surface area (Å²) < 4.78 is 0. The van der Waals surface area contributed by atoms with Crippen LogP contribution in [-0.4, -0.2) is 9.97 Å². The average molecular weight is 463 g/mol. The maximum absolute atomic E-state index is 5.03. The molecule has 0 atom stereocenters. The van der Waals surface area contributed by atoms with E-state index in [1.165, 1.54) is 10.8 Å². The van der Waals surface area contributed by atoms with E-state index in [1.54, 1.807) is 0 Å². The van der Waals surface area contributed by atoms with E-state index in [4.69, 9.17) is 9.97 Å². The van der Waals surface area contributed by atoms with Crippen molar-refractivity contribution in [1.82, 2.24) is 9.97 Å². The maximum Gasteiger partial charge on any atom is 0.139 e. The fourth-order valence-corrected chi connectivity index (χ4v) is 4.99. The quantitative estimate of drug-likeness (QED) is 0.257. The first-order valence-corrected chi connectivity index (χ1v) is 12.0. The number of para-hydroxylation sites is 4. The van der Waals surface area contributed by atoms with Crippen LogP contribution in [0.5, 0.6) is 0 Å². The smallest absolute Gasteiger partial charge is 0.139 e. The topological polar surface area (TPSA) is 49.8 Å². The van der Waals surface area contributed by atoms with Gasteiger partial charge in [0.15, 0.2) is 0 Å². The van der Waals surface area contributed by atoms with E-state index in [-0.39, 0.29) is 0 Å². The molecule has 170 valence electrons. The number of nitrogens with zero attached hydrogens (tertiary/aromatic N) is 2. The van der Waals surface area contributed by atoms with Crippen LogP contribution in [0.4, 0.5) is 23.0 Å². The van der Waals surface area contributed by atoms with Gasteiger partial charge in [0.1, 0.15) is 11.6 Å². The molecule has 36 heavy (non-hydrogen) atoms. The summed E-state index contributed by atoms with van der Waals surface area (Å²) in [6.07, 6.45) is 0. The maximum atomic E-state index is 5.03. The highest BCUT2D eigenvalue weighted by Crippen LogP contribution is 2.41. The van der Waals surface area contributed by atoms with Crippen LogP contribution in [0, 0.1) is 0 Å². The summed E-state index contributed by atoms with van der Waals surface area (Å²) in [6.45, 7) is 0. The van der Waals surface area contributed by atoms with Gasteiger partial charge in [-0.3, -0.25) is 0 Å². The summed E-state index contributed by atoms with van der Waals surface area (Å²) in [5, 5.41) is 13.9. The number of hydrogen-bond donors (Lipinski definition) is 2. The van der Waals surface area contributed by atoms with Crippen molar-refractivity contribution < 1.29 is 0 Å². The third-order valence-electron chi connectivity index (χ3n) is 6.60. The summed E-state index contributed by atoms with van der Waals surface area (Å²) in [5.41, 5.74) is 3.92. The molecular formula is C32H22N4. The highest BCUT2D eigenvalue weighted by atomic mass is 15.0. The van der Waals surface area contributed by atoms with E-state index < -0.39 is 0 Å². The van der Waals surface area contributed by atoms with Crippen molar-refractivity contribution in [2.45, 2.75) is 0 Å². The van der Waals surface area contributed by atoms with Gasteiger partial charge in [-0.1, -0.05) is 72.8 Å². The molecule has 5 aromatic carbocycles. The lowest BCUT2D eigenvalue weighted by atomic mass is 9.96. The highest BCUT2D eigenvalue weighted by molar-refractivity contribution is 6.30. The fraction of sp³-hybridized carbons (Fsp3) is 0. The van der Waals surface area contributed by atoms with Crippen molar-refractivity contribution in [2.24, 2.45) is 0 Å². The average Bonchev–Trinajstić information content (AvgIpc) is 2.94. The lowest BCUT2D eigenvalue weighted by molar-refractivity contribution is 1.39. The first kappa shape index (κ1) is 20.4. The van der Waals surface area contributed by atoms with Crippen LogP contribution in [0.1, 0.15) is 0 Å². The van der Waals surface area contributed by atoms with Crippen molar-refractivity contribution in [3.63, 3.8) is 0 Å². The Hall–Kier alpha value is -4.96. The Labute approximate surface area is 208 Å². The van der Waals surface area contributed by atoms with Crippen LogP contribution in [0.3, 0.4) is 0 Å². The van der Waals surface area contributed by atoms with E-state index in [2.05, 4.69) is 83.4 Å². The van der Waals surface area contributed by atoms with Gasteiger partial charge in [0.2, 0.25) is 0 Å². The summed E-state index contributed by atoms with van der Waals surface area (Å²) in [6, 6.07) is 41.5. The number of benzene rings is 5. The van der Waals surface area contributed by atoms with E-state index in [0.29, 0.717) is 0 Å². The van der Waals surface area contributed by atoms with Gasteiger partial charge in [-0.25, -0.2) is 9.97 Å². The van der Waals surface area contributed by atoms with Gasteiger partial charge in [-0.05, 0) is 48.5 Å². The number of fused-ring (bicyclic) bond motifs is 7. The normalized spacial score (nSPS) is 11.3. The summed E-state index contributed by atoms with van der Waals surface area (Å²) in [4.78, 5) is 10.1. The van der Waals surface area contributed by atoms with Crippen molar-refractivity contribution in [3.05, 3.63) is 121 Å². The molecule has 0 amide bonds. The zero-order valence-electron chi connectivity index (χ0n) is 19.4. The van der Waals surface area contributed by atoms with Gasteiger partial charge in [-0.15, -0.1) is 0 Å². The van der Waals surface area contributed by atoms with Crippen molar-refractivity contribution in [2.75, 3.05) is 10.6 Å². The van der Waals surface area contributed by atoms with Crippen LogP contribution < -0.4 is 10.6 Å². The molecule has 0 saturated carbocycles. The standard InChI is InChI=1S/C32H22N4/c1-3-11-21(12-4-1)33-31-25-19-20-26-30(29(25)23-15-7-9-17-27(23)35-31)24-16-8-10-18-28(24)36-32(26)34-22-13-5-2-6-14-22/h1-20H,(H,33,35)(H,34,36). The van der Waals surface area contributed by atoms with Crippen molar-refractivity contribution in [3.8, 4) is 0 Å². The first-order chi connectivity index (χ1) is 17.8. The van der Waals surface area contributed by atoms with Gasteiger partial charge in [0.05, 0.1) is 11.0 Å². The highest BCUT2D eigenvalue weighted by Gasteiger charge is 2.17. The SMILES string of the molecule is c1ccc(Nc2nc3ccccc3c3c2ccc2c(Nc4ccccc4)nc4ccccc4c23)cc1. The molecule has 0 saturated heterocycles. The van der Waals surface area contributed by atoms with Crippen LogP contribution in [0.15, 0.2) is 121 Å². The van der Waals surface area contributed by atoms with Gasteiger partial charge >= 0.3 is 0 Å². The van der Waals surface area contributed by atoms with E-state index in [9.17, 15) is 0 Å². The molecule has 7 aromatic rings. The largest absolute Gasteiger partial charge is 0.340 e. The molecule has 0 spiro atoms. The molecule has 0 aliphatic rings. The monoisotopic (exact) mass is 462 g/mol. The zero-order chi connectivity index (χ0) is 23.9. The number of pyridine rings is 2. The molecule has 2 aromatic heterocycles. The zero-order valence-corrected chi connectivity index (χ0v) is 19.4. The van der Waals surface area contributed by atoms with E-state index in [0.717, 1.165) is 55.6 Å². The van der Waals surface area contributed by atoms with E-state index in [1.807, 2.05) is 48.5 Å². The molecule has 2 N–H and O–H groups in total. The Morgan fingerprint density at radius 2 is 0.750 bits per heavy atom. The third kappa shape index (κ3) is 3.39. The molecule has 0 aliphatic carbocycles. The molecule has 0 bridgehead atoms. The molecule has 4 nitrogen and oxygen atoms in total. The Morgan fingerprint density at radius 3 is 1.19 bits per heavy atom. The van der Waals surface area contributed by atoms with Gasteiger partial charge in [0.25, 0.3) is 0 Å². The van der Waals surface area contributed by atoms with Crippen molar-refractivity contribution >= 4 is 66.4 Å². The third-order valence-corrected chi connectivity index (χ3v) is 6.60. The Balaban J connectivity index is 1.61. The number of nitrogens with one attached hydrogen (secondary N) is 2. The van der Waals surface area contributed by atoms with Crippen LogP contribution in [-0.2, 0) is 0 Å². The fourth-order valence-electron chi connectivity index (χ4n) is 4.99. The van der Waals surface area contributed by atoms with Gasteiger partial charge < -0.3 is 10.6 Å². The second-order valence-electron chi connectivity index (χ2n) is 8.85. The van der Waals surface area contributed by atoms with Gasteiger partial charge in [-0.2, -0.15) is 0 Å². The molecule has 2 heterocycles. The minimum Gasteiger partial charge on any atom is -0.340 e. The molecule has 0 fully saturated rings. The minimum atomic E-state index is 0.843. The number of rotatable bonds is 4. The summed E-state index contributed by atoms with van der Waals surface area (Å²) in [5.74, 6) is 1.69. The van der Waals surface area contributed by atoms with E-state index >= 15 is 0 Å². The summed E-state index contributed by atoms with van der Waals surface area (Å²) in [7, 11) is 0. The number of anilines is 4. The minimum absolute atomic E-state index is 0.843. The Kier molecular flexibility index (Phi) is 4.74. The molecule has 7 rings (SSSR count). The molecule has 0 radical (unpaired) electrons. The number of aromatic nitrogens is 2. The molecule has 0 aliphatic heterocycles. The molecule has 4 heteroatoms. The van der Waals surface area contributed by atoms with Gasteiger partial charge in [0, 0.05) is 43.7 Å².